The first-order valence-electron chi connectivity index (χ1n) is 7.00. The van der Waals surface area contributed by atoms with E-state index in [1.54, 1.807) is 12.1 Å². The third kappa shape index (κ3) is 1.98. The molecule has 0 saturated carbocycles. The molecule has 2 heterocycles. The van der Waals surface area contributed by atoms with Gasteiger partial charge in [-0.15, -0.1) is 0 Å². The highest BCUT2D eigenvalue weighted by Crippen LogP contribution is 2.38. The number of hydrogen-bond donors (Lipinski definition) is 0. The average Bonchev–Trinajstić information content (AvgIpc) is 3.23. The Kier molecular flexibility index (Phi) is 3.21. The minimum atomic E-state index is -0.747. The van der Waals surface area contributed by atoms with Crippen LogP contribution >= 0.6 is 15.9 Å². The summed E-state index contributed by atoms with van der Waals surface area (Å²) in [5, 5.41) is 0. The molecule has 0 fully saturated rings. The van der Waals surface area contributed by atoms with Gasteiger partial charge < -0.3 is 13.9 Å². The number of carbonyl (C=O) groups is 3. The molecule has 0 spiro atoms. The Labute approximate surface area is 144 Å². The van der Waals surface area contributed by atoms with Gasteiger partial charge in [-0.1, -0.05) is 0 Å². The molecule has 0 atom stereocenters. The minimum Gasteiger partial charge on any atom is -0.462 e. The van der Waals surface area contributed by atoms with Crippen molar-refractivity contribution >= 4 is 37.8 Å². The van der Waals surface area contributed by atoms with Crippen LogP contribution in [0.1, 0.15) is 39.0 Å². The van der Waals surface area contributed by atoms with Crippen LogP contribution in [-0.4, -0.2) is 24.1 Å². The number of fused-ring (bicyclic) bond motifs is 2. The van der Waals surface area contributed by atoms with Crippen LogP contribution in [0.2, 0.25) is 0 Å². The Balaban J connectivity index is 1.82. The van der Waals surface area contributed by atoms with Crippen LogP contribution in [0.3, 0.4) is 0 Å². The first-order valence-corrected chi connectivity index (χ1v) is 7.80. The molecule has 0 amide bonds. The van der Waals surface area contributed by atoms with Gasteiger partial charge in [0.05, 0.1) is 15.6 Å². The lowest BCUT2D eigenvalue weighted by molar-refractivity contribution is -0.111. The van der Waals surface area contributed by atoms with Crippen molar-refractivity contribution in [2.45, 2.75) is 6.92 Å². The maximum Gasteiger partial charge on any atom is 0.237 e. The molecule has 1 aromatic heterocycles. The summed E-state index contributed by atoms with van der Waals surface area (Å²) >= 11 is 3.24. The number of Topliss-reactive ketones (excluding diaryl/α,β-unsaturated/α-hetero) is 2. The van der Waals surface area contributed by atoms with Crippen molar-refractivity contribution in [2.24, 2.45) is 0 Å². The predicted molar refractivity (Wildman–Crippen MR) is 85.6 cm³/mol. The predicted octanol–water partition coefficient (Wildman–Crippen LogP) is 3.13. The van der Waals surface area contributed by atoms with E-state index >= 15 is 0 Å². The molecule has 0 bridgehead atoms. The lowest BCUT2D eigenvalue weighted by Crippen LogP contribution is -2.22. The van der Waals surface area contributed by atoms with E-state index in [2.05, 4.69) is 15.9 Å². The van der Waals surface area contributed by atoms with Crippen molar-refractivity contribution in [2.75, 3.05) is 6.79 Å². The summed E-state index contributed by atoms with van der Waals surface area (Å²) in [4.78, 5) is 37.1. The molecule has 4 rings (SSSR count). The lowest BCUT2D eigenvalue weighted by Gasteiger charge is -2.11. The van der Waals surface area contributed by atoms with Crippen LogP contribution in [0, 0.1) is 0 Å². The Bertz CT molecular complexity index is 965. The number of allylic oxidation sites excluding steroid dienone is 1. The molecule has 120 valence electrons. The number of furan rings is 1. The molecule has 7 heteroatoms. The van der Waals surface area contributed by atoms with Gasteiger partial charge in [-0.25, -0.2) is 0 Å². The lowest BCUT2D eigenvalue weighted by atomic mass is 9.90. The topological polar surface area (TPSA) is 82.8 Å². The van der Waals surface area contributed by atoms with Gasteiger partial charge >= 0.3 is 0 Å². The van der Waals surface area contributed by atoms with E-state index in [4.69, 9.17) is 13.9 Å². The quantitative estimate of drug-likeness (QED) is 0.580. The number of benzene rings is 1. The van der Waals surface area contributed by atoms with Crippen molar-refractivity contribution in [1.29, 1.82) is 0 Å². The van der Waals surface area contributed by atoms with Gasteiger partial charge in [0.15, 0.2) is 23.0 Å². The molecule has 2 aliphatic rings. The van der Waals surface area contributed by atoms with Gasteiger partial charge in [0.1, 0.15) is 6.26 Å². The van der Waals surface area contributed by atoms with E-state index in [0.717, 1.165) is 0 Å². The number of carbonyl (C=O) groups excluding carboxylic acids is 3. The van der Waals surface area contributed by atoms with Crippen molar-refractivity contribution in [1.82, 2.24) is 0 Å². The number of ether oxygens (including phenoxy) is 2. The fourth-order valence-electron chi connectivity index (χ4n) is 2.66. The summed E-state index contributed by atoms with van der Waals surface area (Å²) in [5.74, 6) is -0.634. The Hall–Kier alpha value is -2.67. The summed E-state index contributed by atoms with van der Waals surface area (Å²) in [5.41, 5.74) is 0.598. The largest absolute Gasteiger partial charge is 0.462 e. The second kappa shape index (κ2) is 5.17. The zero-order chi connectivity index (χ0) is 17.0. The molecule has 0 N–H and O–H groups in total. The highest BCUT2D eigenvalue weighted by Gasteiger charge is 2.36. The maximum absolute atomic E-state index is 12.8. The van der Waals surface area contributed by atoms with Crippen molar-refractivity contribution in [3.63, 3.8) is 0 Å². The molecule has 2 aromatic rings. The van der Waals surface area contributed by atoms with Gasteiger partial charge in [0.25, 0.3) is 0 Å². The average molecular weight is 389 g/mol. The molecule has 0 unspecified atom stereocenters. The third-order valence-corrected chi connectivity index (χ3v) is 4.93. The molecule has 1 aliphatic carbocycles. The normalized spacial score (nSPS) is 15.8. The molecular weight excluding hydrogens is 380 g/mol. The Morgan fingerprint density at radius 2 is 1.88 bits per heavy atom. The Morgan fingerprint density at radius 3 is 2.67 bits per heavy atom. The van der Waals surface area contributed by atoms with Gasteiger partial charge in [0.2, 0.25) is 18.4 Å². The van der Waals surface area contributed by atoms with Crippen LogP contribution in [0.4, 0.5) is 0 Å². The molecule has 0 radical (unpaired) electrons. The number of rotatable bonds is 2. The van der Waals surface area contributed by atoms with Crippen molar-refractivity contribution in [3.05, 3.63) is 52.5 Å². The summed E-state index contributed by atoms with van der Waals surface area (Å²) < 4.78 is 16.2. The van der Waals surface area contributed by atoms with Gasteiger partial charge in [-0.3, -0.25) is 14.4 Å². The second-order valence-electron chi connectivity index (χ2n) is 5.35. The standard InChI is InChI=1S/C17H9BrO6/c1-7-13(18)17-12(16(21)14(7)19)9(5-22-17)15(20)8-2-3-10-11(4-8)24-6-23-10/h2-5H,6H2,1H3. The van der Waals surface area contributed by atoms with Crippen molar-refractivity contribution in [3.8, 4) is 11.5 Å². The molecule has 24 heavy (non-hydrogen) atoms. The highest BCUT2D eigenvalue weighted by atomic mass is 79.9. The van der Waals surface area contributed by atoms with Gasteiger partial charge in [-0.2, -0.15) is 0 Å². The zero-order valence-corrected chi connectivity index (χ0v) is 13.9. The molecular formula is C17H9BrO6. The number of ketones is 3. The number of halogens is 1. The smallest absolute Gasteiger partial charge is 0.237 e. The van der Waals surface area contributed by atoms with E-state index in [0.29, 0.717) is 21.5 Å². The summed E-state index contributed by atoms with van der Waals surface area (Å²) in [6.45, 7) is 1.62. The molecule has 6 nitrogen and oxygen atoms in total. The van der Waals surface area contributed by atoms with Gasteiger partial charge in [-0.05, 0) is 41.1 Å². The monoisotopic (exact) mass is 388 g/mol. The summed E-state index contributed by atoms with van der Waals surface area (Å²) in [6, 6.07) is 4.73. The van der Waals surface area contributed by atoms with Crippen LogP contribution in [0.25, 0.3) is 4.48 Å². The molecule has 1 aliphatic heterocycles. The first kappa shape index (κ1) is 14.9. The van der Waals surface area contributed by atoms with Crippen LogP contribution < -0.4 is 9.47 Å². The Morgan fingerprint density at radius 1 is 1.12 bits per heavy atom. The summed E-state index contributed by atoms with van der Waals surface area (Å²) in [6.07, 6.45) is 1.20. The fourth-order valence-corrected chi connectivity index (χ4v) is 3.13. The van der Waals surface area contributed by atoms with Crippen LogP contribution in [-0.2, 0) is 4.79 Å². The van der Waals surface area contributed by atoms with E-state index in [1.807, 2.05) is 0 Å². The van der Waals surface area contributed by atoms with E-state index in [1.165, 1.54) is 19.3 Å². The van der Waals surface area contributed by atoms with E-state index in [-0.39, 0.29) is 29.3 Å². The molecule has 0 saturated heterocycles. The number of hydrogen-bond acceptors (Lipinski definition) is 6. The first-order chi connectivity index (χ1) is 11.5. The van der Waals surface area contributed by atoms with Gasteiger partial charge in [0, 0.05) is 11.1 Å². The fraction of sp³-hybridized carbons (Fsp3) is 0.118. The highest BCUT2D eigenvalue weighted by molar-refractivity contribution is 9.15. The molecule has 1 aromatic carbocycles. The van der Waals surface area contributed by atoms with E-state index < -0.39 is 17.3 Å². The zero-order valence-electron chi connectivity index (χ0n) is 12.3. The SMILES string of the molecule is CC1=C(Br)c2occ(C(=O)c3ccc4c(c3)OCO4)c2C(=O)C1=O. The van der Waals surface area contributed by atoms with Crippen molar-refractivity contribution < 1.29 is 28.3 Å². The van der Waals surface area contributed by atoms with Crippen LogP contribution in [0.15, 0.2) is 34.5 Å². The minimum absolute atomic E-state index is 0.0138. The van der Waals surface area contributed by atoms with E-state index in [9.17, 15) is 14.4 Å². The van der Waals surface area contributed by atoms with Crippen LogP contribution in [0.5, 0.6) is 11.5 Å². The summed E-state index contributed by atoms with van der Waals surface area (Å²) in [7, 11) is 0. The maximum atomic E-state index is 12.8. The third-order valence-electron chi connectivity index (χ3n) is 3.97. The second-order valence-corrected chi connectivity index (χ2v) is 6.14.